The second kappa shape index (κ2) is 1.94. The molecule has 1 heterocycles. The average Bonchev–Trinajstić information content (AvgIpc) is 2.13. The molecule has 0 aliphatic heterocycles. The van der Waals surface area contributed by atoms with Crippen molar-refractivity contribution in [1.29, 1.82) is 0 Å². The van der Waals surface area contributed by atoms with Gasteiger partial charge in [0.15, 0.2) is 5.75 Å². The molecule has 1 aromatic heterocycles. The van der Waals surface area contributed by atoms with E-state index in [9.17, 15) is 4.79 Å². The SMILES string of the molecule is O=C(O)c1cc(O)c(O)[nH]1. The summed E-state index contributed by atoms with van der Waals surface area (Å²) in [4.78, 5) is 12.2. The molecule has 0 saturated carbocycles. The Morgan fingerprint density at radius 1 is 1.50 bits per heavy atom. The summed E-state index contributed by atoms with van der Waals surface area (Å²) in [6, 6.07) is 0.928. The molecule has 1 aromatic rings. The van der Waals surface area contributed by atoms with Crippen LogP contribution in [-0.2, 0) is 0 Å². The monoisotopic (exact) mass is 143 g/mol. The van der Waals surface area contributed by atoms with E-state index in [1.54, 1.807) is 0 Å². The van der Waals surface area contributed by atoms with E-state index >= 15 is 0 Å². The summed E-state index contributed by atoms with van der Waals surface area (Å²) < 4.78 is 0. The van der Waals surface area contributed by atoms with Gasteiger partial charge >= 0.3 is 5.97 Å². The second-order valence-electron chi connectivity index (χ2n) is 1.72. The third kappa shape index (κ3) is 0.883. The molecule has 4 N–H and O–H groups in total. The summed E-state index contributed by atoms with van der Waals surface area (Å²) >= 11 is 0. The van der Waals surface area contributed by atoms with Gasteiger partial charge in [0, 0.05) is 6.07 Å². The van der Waals surface area contributed by atoms with Crippen LogP contribution in [-0.4, -0.2) is 26.3 Å². The Hall–Kier alpha value is -1.65. The van der Waals surface area contributed by atoms with E-state index in [0.29, 0.717) is 0 Å². The maximum atomic E-state index is 10.1. The quantitative estimate of drug-likeness (QED) is 0.449. The molecule has 5 heteroatoms. The molecule has 0 fully saturated rings. The molecule has 0 amide bonds. The number of H-pyrrole nitrogens is 1. The number of hydrogen-bond donors (Lipinski definition) is 4. The van der Waals surface area contributed by atoms with Gasteiger partial charge in [0.05, 0.1) is 0 Å². The molecular weight excluding hydrogens is 138 g/mol. The molecule has 0 unspecified atom stereocenters. The summed E-state index contributed by atoms with van der Waals surface area (Å²) in [5, 5.41) is 25.5. The molecular formula is C5H5NO4. The van der Waals surface area contributed by atoms with E-state index in [0.717, 1.165) is 6.07 Å². The lowest BCUT2D eigenvalue weighted by Crippen LogP contribution is -1.94. The van der Waals surface area contributed by atoms with E-state index in [1.165, 1.54) is 0 Å². The van der Waals surface area contributed by atoms with Crippen molar-refractivity contribution in [2.24, 2.45) is 0 Å². The molecule has 0 aliphatic carbocycles. The fraction of sp³-hybridized carbons (Fsp3) is 0. The van der Waals surface area contributed by atoms with Gasteiger partial charge in [0.25, 0.3) is 0 Å². The van der Waals surface area contributed by atoms with Crippen molar-refractivity contribution in [3.63, 3.8) is 0 Å². The van der Waals surface area contributed by atoms with Gasteiger partial charge in [-0.25, -0.2) is 4.79 Å². The van der Waals surface area contributed by atoms with Gasteiger partial charge in [-0.2, -0.15) is 0 Å². The molecule has 0 radical (unpaired) electrons. The molecule has 0 spiro atoms. The van der Waals surface area contributed by atoms with Crippen molar-refractivity contribution in [2.75, 3.05) is 0 Å². The van der Waals surface area contributed by atoms with Crippen LogP contribution in [0.5, 0.6) is 11.6 Å². The first-order valence-electron chi connectivity index (χ1n) is 2.45. The van der Waals surface area contributed by atoms with E-state index in [-0.39, 0.29) is 5.69 Å². The van der Waals surface area contributed by atoms with Crippen LogP contribution in [0.15, 0.2) is 6.07 Å². The number of aromatic amines is 1. The molecule has 5 nitrogen and oxygen atoms in total. The number of carboxylic acid groups (broad SMARTS) is 1. The van der Waals surface area contributed by atoms with E-state index in [2.05, 4.69) is 0 Å². The highest BCUT2D eigenvalue weighted by atomic mass is 16.4. The minimum atomic E-state index is -1.23. The highest BCUT2D eigenvalue weighted by molar-refractivity contribution is 5.86. The van der Waals surface area contributed by atoms with Gasteiger partial charge in [-0.3, -0.25) is 0 Å². The Morgan fingerprint density at radius 3 is 2.30 bits per heavy atom. The summed E-state index contributed by atoms with van der Waals surface area (Å²) in [6.07, 6.45) is 0. The lowest BCUT2D eigenvalue weighted by molar-refractivity contribution is 0.0690. The van der Waals surface area contributed by atoms with Crippen LogP contribution in [0.3, 0.4) is 0 Å². The summed E-state index contributed by atoms with van der Waals surface area (Å²) in [5.41, 5.74) is -0.241. The molecule has 54 valence electrons. The number of aromatic nitrogens is 1. The Balaban J connectivity index is 3.10. The number of hydrogen-bond acceptors (Lipinski definition) is 3. The zero-order chi connectivity index (χ0) is 7.72. The predicted octanol–water partition coefficient (Wildman–Crippen LogP) is 0.124. The Kier molecular flexibility index (Phi) is 1.26. The first-order chi connectivity index (χ1) is 4.61. The minimum Gasteiger partial charge on any atom is -0.503 e. The maximum Gasteiger partial charge on any atom is 0.352 e. The number of aromatic carboxylic acids is 1. The van der Waals surface area contributed by atoms with Gasteiger partial charge in [-0.1, -0.05) is 0 Å². The highest BCUT2D eigenvalue weighted by Gasteiger charge is 2.09. The Labute approximate surface area is 55.5 Å². The summed E-state index contributed by atoms with van der Waals surface area (Å²) in [6.45, 7) is 0. The smallest absolute Gasteiger partial charge is 0.352 e. The van der Waals surface area contributed by atoms with Gasteiger partial charge < -0.3 is 20.3 Å². The van der Waals surface area contributed by atoms with Crippen LogP contribution < -0.4 is 0 Å². The fourth-order valence-electron chi connectivity index (χ4n) is 0.548. The first kappa shape index (κ1) is 6.47. The van der Waals surface area contributed by atoms with Crippen LogP contribution >= 0.6 is 0 Å². The molecule has 0 atom stereocenters. The van der Waals surface area contributed by atoms with Gasteiger partial charge in [0.2, 0.25) is 5.88 Å². The van der Waals surface area contributed by atoms with Crippen molar-refractivity contribution in [1.82, 2.24) is 4.98 Å². The van der Waals surface area contributed by atoms with E-state index in [4.69, 9.17) is 15.3 Å². The summed E-state index contributed by atoms with van der Waals surface area (Å²) in [7, 11) is 0. The van der Waals surface area contributed by atoms with E-state index in [1.807, 2.05) is 4.98 Å². The number of aromatic hydroxyl groups is 2. The van der Waals surface area contributed by atoms with Crippen LogP contribution in [0.4, 0.5) is 0 Å². The normalized spacial score (nSPS) is 9.60. The molecule has 0 aromatic carbocycles. The van der Waals surface area contributed by atoms with Crippen LogP contribution in [0, 0.1) is 0 Å². The summed E-state index contributed by atoms with van der Waals surface area (Å²) in [5.74, 6) is -2.22. The molecule has 0 bridgehead atoms. The van der Waals surface area contributed by atoms with Gasteiger partial charge in [-0.15, -0.1) is 0 Å². The van der Waals surface area contributed by atoms with Crippen molar-refractivity contribution in [3.8, 4) is 11.6 Å². The topological polar surface area (TPSA) is 93.6 Å². The maximum absolute atomic E-state index is 10.1. The molecule has 0 aliphatic rings. The Bertz CT molecular complexity index is 245. The number of nitrogens with one attached hydrogen (secondary N) is 1. The number of rotatable bonds is 1. The number of carbonyl (C=O) groups is 1. The average molecular weight is 143 g/mol. The largest absolute Gasteiger partial charge is 0.503 e. The predicted molar refractivity (Wildman–Crippen MR) is 31.1 cm³/mol. The third-order valence-corrected chi connectivity index (χ3v) is 1.01. The van der Waals surface area contributed by atoms with Crippen molar-refractivity contribution < 1.29 is 20.1 Å². The molecule has 0 saturated heterocycles. The van der Waals surface area contributed by atoms with Crippen LogP contribution in [0.2, 0.25) is 0 Å². The zero-order valence-corrected chi connectivity index (χ0v) is 4.83. The first-order valence-corrected chi connectivity index (χ1v) is 2.45. The molecule has 1 rings (SSSR count). The lowest BCUT2D eigenvalue weighted by atomic mass is 10.4. The van der Waals surface area contributed by atoms with Crippen LogP contribution in [0.25, 0.3) is 0 Å². The third-order valence-electron chi connectivity index (χ3n) is 1.01. The van der Waals surface area contributed by atoms with Crippen LogP contribution in [0.1, 0.15) is 10.5 Å². The lowest BCUT2D eigenvalue weighted by Gasteiger charge is -1.82. The standard InChI is InChI=1S/C5H5NO4/c7-3-1-2(5(9)10)6-4(3)8/h1,6-8H,(H,9,10). The van der Waals surface area contributed by atoms with Crippen molar-refractivity contribution in [2.45, 2.75) is 0 Å². The van der Waals surface area contributed by atoms with Crippen molar-refractivity contribution in [3.05, 3.63) is 11.8 Å². The zero-order valence-electron chi connectivity index (χ0n) is 4.83. The van der Waals surface area contributed by atoms with Gasteiger partial charge in [0.1, 0.15) is 5.69 Å². The van der Waals surface area contributed by atoms with Gasteiger partial charge in [-0.05, 0) is 0 Å². The minimum absolute atomic E-state index is 0.241. The highest BCUT2D eigenvalue weighted by Crippen LogP contribution is 2.23. The fourth-order valence-corrected chi connectivity index (χ4v) is 0.548. The van der Waals surface area contributed by atoms with Crippen molar-refractivity contribution >= 4 is 5.97 Å². The second-order valence-corrected chi connectivity index (χ2v) is 1.72. The van der Waals surface area contributed by atoms with E-state index < -0.39 is 17.6 Å². The number of carboxylic acids is 1. The Morgan fingerprint density at radius 2 is 2.10 bits per heavy atom. The molecule has 10 heavy (non-hydrogen) atoms.